The number of hydrogen-bond acceptors (Lipinski definition) is 2. The molecule has 1 aliphatic heterocycles. The molecule has 2 heterocycles. The third kappa shape index (κ3) is 2.40. The second-order valence-electron chi connectivity index (χ2n) is 5.85. The maximum atomic E-state index is 14.5. The Morgan fingerprint density at radius 1 is 1.00 bits per heavy atom. The molecule has 4 rings (SSSR count). The van der Waals surface area contributed by atoms with Crippen LogP contribution in [0.1, 0.15) is 33.3 Å². The smallest absolute Gasteiger partial charge is 0.290 e. The topological polar surface area (TPSA) is 33.5 Å². The molecule has 24 heavy (non-hydrogen) atoms. The molecule has 1 aliphatic rings. The van der Waals surface area contributed by atoms with Gasteiger partial charge in [0.05, 0.1) is 12.3 Å². The van der Waals surface area contributed by atoms with Gasteiger partial charge in [0.15, 0.2) is 5.76 Å². The zero-order valence-electron chi connectivity index (χ0n) is 13.0. The number of benzene rings is 2. The minimum absolute atomic E-state index is 0.220. The largest absolute Gasteiger partial charge is 0.459 e. The number of hydrogen-bond donors (Lipinski definition) is 0. The van der Waals surface area contributed by atoms with E-state index in [0.717, 1.165) is 17.5 Å². The van der Waals surface area contributed by atoms with Crippen LogP contribution in [-0.4, -0.2) is 17.4 Å². The molecule has 1 amide bonds. The van der Waals surface area contributed by atoms with Crippen molar-refractivity contribution in [3.05, 3.63) is 95.2 Å². The number of amides is 1. The summed E-state index contributed by atoms with van der Waals surface area (Å²) in [6.45, 7) is 0.523. The summed E-state index contributed by atoms with van der Waals surface area (Å²) in [5, 5.41) is 0. The summed E-state index contributed by atoms with van der Waals surface area (Å²) >= 11 is 0. The minimum atomic E-state index is -0.450. The predicted molar refractivity (Wildman–Crippen MR) is 88.1 cm³/mol. The fourth-order valence-electron chi connectivity index (χ4n) is 3.36. The van der Waals surface area contributed by atoms with Crippen LogP contribution in [0.25, 0.3) is 0 Å². The van der Waals surface area contributed by atoms with E-state index >= 15 is 0 Å². The Morgan fingerprint density at radius 2 is 1.75 bits per heavy atom. The van der Waals surface area contributed by atoms with Crippen LogP contribution in [0.3, 0.4) is 0 Å². The molecule has 0 saturated carbocycles. The first-order valence-corrected chi connectivity index (χ1v) is 7.92. The molecular weight excluding hydrogens is 305 g/mol. The number of fused-ring (bicyclic) bond motifs is 1. The molecule has 0 saturated heterocycles. The predicted octanol–water partition coefficient (Wildman–Crippen LogP) is 4.21. The zero-order chi connectivity index (χ0) is 16.5. The van der Waals surface area contributed by atoms with Crippen molar-refractivity contribution < 1.29 is 13.6 Å². The Morgan fingerprint density at radius 3 is 2.50 bits per heavy atom. The fraction of sp³-hybridized carbons (Fsp3) is 0.150. The van der Waals surface area contributed by atoms with Gasteiger partial charge in [0.2, 0.25) is 0 Å². The number of halogens is 1. The molecule has 3 aromatic rings. The molecule has 0 N–H and O–H groups in total. The van der Waals surface area contributed by atoms with Gasteiger partial charge >= 0.3 is 0 Å². The van der Waals surface area contributed by atoms with Gasteiger partial charge < -0.3 is 9.32 Å². The highest BCUT2D eigenvalue weighted by Gasteiger charge is 2.34. The lowest BCUT2D eigenvalue weighted by molar-refractivity contribution is 0.0659. The van der Waals surface area contributed by atoms with Gasteiger partial charge in [0.1, 0.15) is 5.82 Å². The number of furan rings is 1. The molecule has 0 aliphatic carbocycles. The van der Waals surface area contributed by atoms with Crippen molar-refractivity contribution in [1.82, 2.24) is 4.90 Å². The van der Waals surface area contributed by atoms with Gasteiger partial charge in [-0.1, -0.05) is 42.5 Å². The van der Waals surface area contributed by atoms with Crippen LogP contribution in [0.4, 0.5) is 4.39 Å². The molecule has 2 aromatic carbocycles. The maximum absolute atomic E-state index is 14.5. The Kier molecular flexibility index (Phi) is 3.65. The molecular formula is C20H16FNO2. The zero-order valence-corrected chi connectivity index (χ0v) is 13.0. The average Bonchev–Trinajstić information content (AvgIpc) is 3.15. The Labute approximate surface area is 139 Å². The van der Waals surface area contributed by atoms with E-state index in [1.165, 1.54) is 12.3 Å². The summed E-state index contributed by atoms with van der Waals surface area (Å²) in [7, 11) is 0. The highest BCUT2D eigenvalue weighted by molar-refractivity contribution is 5.92. The van der Waals surface area contributed by atoms with Crippen molar-refractivity contribution in [2.75, 3.05) is 6.54 Å². The molecule has 0 spiro atoms. The maximum Gasteiger partial charge on any atom is 0.290 e. The minimum Gasteiger partial charge on any atom is -0.459 e. The summed E-state index contributed by atoms with van der Waals surface area (Å²) < 4.78 is 19.8. The van der Waals surface area contributed by atoms with E-state index in [1.807, 2.05) is 24.3 Å². The summed E-state index contributed by atoms with van der Waals surface area (Å²) in [6.07, 6.45) is 2.22. The summed E-state index contributed by atoms with van der Waals surface area (Å²) in [5.41, 5.74) is 2.62. The van der Waals surface area contributed by atoms with E-state index in [1.54, 1.807) is 35.2 Å². The second-order valence-corrected chi connectivity index (χ2v) is 5.85. The monoisotopic (exact) mass is 321 g/mol. The van der Waals surface area contributed by atoms with Crippen LogP contribution >= 0.6 is 0 Å². The Hall–Kier alpha value is -2.88. The quantitative estimate of drug-likeness (QED) is 0.708. The molecule has 1 aromatic heterocycles. The van der Waals surface area contributed by atoms with Gasteiger partial charge in [-0.15, -0.1) is 0 Å². The van der Waals surface area contributed by atoms with Crippen molar-refractivity contribution in [1.29, 1.82) is 0 Å². The van der Waals surface area contributed by atoms with E-state index < -0.39 is 6.04 Å². The second kappa shape index (κ2) is 5.96. The molecule has 3 nitrogen and oxygen atoms in total. The van der Waals surface area contributed by atoms with Crippen molar-refractivity contribution in [3.63, 3.8) is 0 Å². The van der Waals surface area contributed by atoms with E-state index in [0.29, 0.717) is 12.1 Å². The van der Waals surface area contributed by atoms with Crippen LogP contribution in [0, 0.1) is 5.82 Å². The molecule has 120 valence electrons. The first-order valence-electron chi connectivity index (χ1n) is 7.92. The highest BCUT2D eigenvalue weighted by atomic mass is 19.1. The van der Waals surface area contributed by atoms with Crippen molar-refractivity contribution >= 4 is 5.91 Å². The lowest BCUT2D eigenvalue weighted by atomic mass is 9.87. The molecule has 0 radical (unpaired) electrons. The van der Waals surface area contributed by atoms with Gasteiger partial charge in [0, 0.05) is 12.1 Å². The first-order chi connectivity index (χ1) is 11.8. The van der Waals surface area contributed by atoms with Gasteiger partial charge in [0.25, 0.3) is 5.91 Å². The van der Waals surface area contributed by atoms with Crippen molar-refractivity contribution in [2.24, 2.45) is 0 Å². The van der Waals surface area contributed by atoms with E-state index in [4.69, 9.17) is 4.42 Å². The lowest BCUT2D eigenvalue weighted by Gasteiger charge is -2.37. The molecule has 1 unspecified atom stereocenters. The Balaban J connectivity index is 1.85. The Bertz CT molecular complexity index is 873. The SMILES string of the molecule is O=C(c1ccco1)N1CCc2ccccc2C1c1ccccc1F. The van der Waals surface area contributed by atoms with Crippen LogP contribution in [0.5, 0.6) is 0 Å². The molecule has 0 bridgehead atoms. The number of carbonyl (C=O) groups is 1. The molecule has 0 fully saturated rings. The third-order valence-corrected chi connectivity index (χ3v) is 4.48. The summed E-state index contributed by atoms with van der Waals surface area (Å²) in [4.78, 5) is 14.6. The van der Waals surface area contributed by atoms with Gasteiger partial charge in [-0.05, 0) is 35.7 Å². The molecule has 1 atom stereocenters. The van der Waals surface area contributed by atoms with Crippen LogP contribution in [0.2, 0.25) is 0 Å². The number of carbonyl (C=O) groups excluding carboxylic acids is 1. The number of rotatable bonds is 2. The first kappa shape index (κ1) is 14.7. The molecule has 4 heteroatoms. The van der Waals surface area contributed by atoms with Crippen LogP contribution < -0.4 is 0 Å². The van der Waals surface area contributed by atoms with E-state index in [2.05, 4.69) is 0 Å². The highest BCUT2D eigenvalue weighted by Crippen LogP contribution is 2.37. The van der Waals surface area contributed by atoms with Gasteiger partial charge in [-0.3, -0.25) is 4.79 Å². The standard InChI is InChI=1S/C20H16FNO2/c21-17-9-4-3-8-16(17)19-15-7-2-1-6-14(15)11-12-22(19)20(23)18-10-5-13-24-18/h1-10,13,19H,11-12H2. The fourth-order valence-corrected chi connectivity index (χ4v) is 3.36. The third-order valence-electron chi connectivity index (χ3n) is 4.48. The lowest BCUT2D eigenvalue weighted by Crippen LogP contribution is -2.40. The van der Waals surface area contributed by atoms with Gasteiger partial charge in [-0.25, -0.2) is 4.39 Å². The number of nitrogens with zero attached hydrogens (tertiary/aromatic N) is 1. The van der Waals surface area contributed by atoms with Gasteiger partial charge in [-0.2, -0.15) is 0 Å². The van der Waals surface area contributed by atoms with Crippen molar-refractivity contribution in [3.8, 4) is 0 Å². The van der Waals surface area contributed by atoms with Crippen molar-refractivity contribution in [2.45, 2.75) is 12.5 Å². The van der Waals surface area contributed by atoms with E-state index in [9.17, 15) is 9.18 Å². The summed E-state index contributed by atoms with van der Waals surface area (Å²) in [6, 6.07) is 17.4. The normalized spacial score (nSPS) is 16.7. The summed E-state index contributed by atoms with van der Waals surface area (Å²) in [5.74, 6) is -0.255. The van der Waals surface area contributed by atoms with E-state index in [-0.39, 0.29) is 17.5 Å². The van der Waals surface area contributed by atoms with Crippen LogP contribution in [-0.2, 0) is 6.42 Å². The van der Waals surface area contributed by atoms with Crippen LogP contribution in [0.15, 0.2) is 71.3 Å². The average molecular weight is 321 g/mol.